The maximum Gasteiger partial charge on any atom is 0.0866 e. The molecule has 0 heterocycles. The lowest BCUT2D eigenvalue weighted by atomic mass is 9.91. The lowest BCUT2D eigenvalue weighted by molar-refractivity contribution is -0.899. The highest BCUT2D eigenvalue weighted by Gasteiger charge is 2.29. The number of carbonyl (C=O) groups excluding carboxylic acids is 1. The van der Waals surface area contributed by atoms with E-state index < -0.39 is 5.97 Å². The zero-order valence-electron chi connectivity index (χ0n) is 11.8. The summed E-state index contributed by atoms with van der Waals surface area (Å²) in [5.74, 6) is -1.16. The fourth-order valence-corrected chi connectivity index (χ4v) is 2.44. The van der Waals surface area contributed by atoms with Crippen LogP contribution in [0.25, 0.3) is 0 Å². The molecule has 0 aromatic heterocycles. The molecular weight excluding hydrogens is 202 g/mol. The summed E-state index contributed by atoms with van der Waals surface area (Å²) in [5.41, 5.74) is 0.205. The van der Waals surface area contributed by atoms with E-state index >= 15 is 0 Å². The topological polar surface area (TPSA) is 40.1 Å². The Morgan fingerprint density at radius 3 is 1.94 bits per heavy atom. The Labute approximate surface area is 100 Å². The minimum atomic E-state index is -0.921. The number of rotatable bonds is 5. The van der Waals surface area contributed by atoms with E-state index in [2.05, 4.69) is 34.9 Å². The first-order valence-electron chi connectivity index (χ1n) is 5.97. The maximum atomic E-state index is 11.1. The Kier molecular flexibility index (Phi) is 4.99. The summed E-state index contributed by atoms with van der Waals surface area (Å²) in [4.78, 5) is 11.1. The Morgan fingerprint density at radius 1 is 1.25 bits per heavy atom. The van der Waals surface area contributed by atoms with E-state index in [1.807, 2.05) is 13.8 Å². The van der Waals surface area contributed by atoms with Crippen molar-refractivity contribution in [2.75, 3.05) is 27.2 Å². The zero-order valence-corrected chi connectivity index (χ0v) is 11.8. The van der Waals surface area contributed by atoms with Gasteiger partial charge in [0.15, 0.2) is 0 Å². The van der Waals surface area contributed by atoms with Crippen LogP contribution in [0.1, 0.15) is 34.6 Å². The van der Waals surface area contributed by atoms with Gasteiger partial charge in [-0.05, 0) is 5.92 Å². The second kappa shape index (κ2) is 5.17. The smallest absolute Gasteiger partial charge is 0.0866 e. The van der Waals surface area contributed by atoms with E-state index in [1.165, 1.54) is 0 Å². The van der Waals surface area contributed by atoms with Gasteiger partial charge in [-0.25, -0.2) is 0 Å². The number of carbonyl (C=O) groups is 1. The summed E-state index contributed by atoms with van der Waals surface area (Å²) in [6, 6.07) is 0. The first-order valence-corrected chi connectivity index (χ1v) is 5.97. The summed E-state index contributed by atoms with van der Waals surface area (Å²) in [5, 5.41) is 11.1. The quantitative estimate of drug-likeness (QED) is 0.663. The summed E-state index contributed by atoms with van der Waals surface area (Å²) in [7, 11) is 4.17. The molecule has 3 nitrogen and oxygen atoms in total. The van der Waals surface area contributed by atoms with Crippen molar-refractivity contribution in [3.63, 3.8) is 0 Å². The molecule has 0 aromatic carbocycles. The minimum absolute atomic E-state index is 0.127. The van der Waals surface area contributed by atoms with Crippen molar-refractivity contribution in [1.29, 1.82) is 0 Å². The van der Waals surface area contributed by atoms with Crippen molar-refractivity contribution in [3.05, 3.63) is 0 Å². The molecule has 0 saturated heterocycles. The minimum Gasteiger partial charge on any atom is -0.550 e. The van der Waals surface area contributed by atoms with Crippen molar-refractivity contribution in [2.45, 2.75) is 34.6 Å². The molecule has 1 atom stereocenters. The van der Waals surface area contributed by atoms with Crippen molar-refractivity contribution >= 4 is 5.97 Å². The van der Waals surface area contributed by atoms with E-state index in [1.54, 1.807) is 0 Å². The van der Waals surface area contributed by atoms with Crippen LogP contribution in [0.4, 0.5) is 0 Å². The lowest BCUT2D eigenvalue weighted by Gasteiger charge is -2.39. The second-order valence-corrected chi connectivity index (χ2v) is 7.01. The molecule has 0 aromatic rings. The summed E-state index contributed by atoms with van der Waals surface area (Å²) < 4.78 is 0.723. The number of quaternary nitrogens is 1. The van der Waals surface area contributed by atoms with Gasteiger partial charge in [0.1, 0.15) is 0 Å². The Morgan fingerprint density at radius 2 is 1.69 bits per heavy atom. The fraction of sp³-hybridized carbons (Fsp3) is 0.923. The van der Waals surface area contributed by atoms with Crippen LogP contribution in [-0.2, 0) is 4.79 Å². The predicted molar refractivity (Wildman–Crippen MR) is 64.6 cm³/mol. The molecule has 0 spiro atoms. The van der Waals surface area contributed by atoms with E-state index in [0.717, 1.165) is 11.0 Å². The van der Waals surface area contributed by atoms with Gasteiger partial charge in [0, 0.05) is 5.41 Å². The predicted octanol–water partition coefficient (Wildman–Crippen LogP) is 1.13. The maximum absolute atomic E-state index is 11.1. The third-order valence-corrected chi connectivity index (χ3v) is 2.70. The highest BCUT2D eigenvalue weighted by molar-refractivity contribution is 5.68. The molecule has 1 unspecified atom stereocenters. The third kappa shape index (κ3) is 6.11. The summed E-state index contributed by atoms with van der Waals surface area (Å²) in [6.45, 7) is 12.0. The Balaban J connectivity index is 4.60. The molecule has 96 valence electrons. The van der Waals surface area contributed by atoms with Crippen LogP contribution in [0.2, 0.25) is 0 Å². The SMILES string of the molecule is CC(C)C(C[N+](C)(C)CC(C)(C)C)C(=O)[O-]. The fourth-order valence-electron chi connectivity index (χ4n) is 2.44. The van der Waals surface area contributed by atoms with Crippen molar-refractivity contribution in [1.82, 2.24) is 0 Å². The molecule has 0 rings (SSSR count). The number of hydrogen-bond acceptors (Lipinski definition) is 2. The molecule has 0 N–H and O–H groups in total. The van der Waals surface area contributed by atoms with E-state index in [-0.39, 0.29) is 17.3 Å². The van der Waals surface area contributed by atoms with Gasteiger partial charge in [0.25, 0.3) is 0 Å². The molecule has 0 aliphatic carbocycles. The monoisotopic (exact) mass is 229 g/mol. The average molecular weight is 229 g/mol. The first-order chi connectivity index (χ1) is 6.94. The molecular formula is C13H27NO2. The molecule has 0 saturated carbocycles. The number of nitrogens with zero attached hydrogens (tertiary/aromatic N) is 1. The van der Waals surface area contributed by atoms with Crippen LogP contribution in [-0.4, -0.2) is 37.6 Å². The summed E-state index contributed by atoms with van der Waals surface area (Å²) >= 11 is 0. The molecule has 0 bridgehead atoms. The van der Waals surface area contributed by atoms with Gasteiger partial charge in [0.2, 0.25) is 0 Å². The van der Waals surface area contributed by atoms with Gasteiger partial charge in [-0.15, -0.1) is 0 Å². The van der Waals surface area contributed by atoms with E-state index in [9.17, 15) is 9.90 Å². The van der Waals surface area contributed by atoms with Crippen molar-refractivity contribution in [3.8, 4) is 0 Å². The molecule has 16 heavy (non-hydrogen) atoms. The van der Waals surface area contributed by atoms with E-state index in [0.29, 0.717) is 6.54 Å². The molecule has 0 fully saturated rings. The zero-order chi connectivity index (χ0) is 13.1. The van der Waals surface area contributed by atoms with Crippen LogP contribution in [0.15, 0.2) is 0 Å². The number of carboxylic acids is 1. The molecule has 3 heteroatoms. The Bertz CT molecular complexity index is 239. The number of carboxylic acid groups (broad SMARTS) is 1. The van der Waals surface area contributed by atoms with Gasteiger partial charge >= 0.3 is 0 Å². The third-order valence-electron chi connectivity index (χ3n) is 2.70. The van der Waals surface area contributed by atoms with Crippen molar-refractivity contribution in [2.24, 2.45) is 17.3 Å². The molecule has 0 radical (unpaired) electrons. The summed E-state index contributed by atoms with van der Waals surface area (Å²) in [6.07, 6.45) is 0. The highest BCUT2D eigenvalue weighted by Crippen LogP contribution is 2.21. The van der Waals surface area contributed by atoms with Crippen LogP contribution in [0.3, 0.4) is 0 Å². The van der Waals surface area contributed by atoms with Gasteiger partial charge in [-0.1, -0.05) is 34.6 Å². The second-order valence-electron chi connectivity index (χ2n) is 7.01. The van der Waals surface area contributed by atoms with E-state index in [4.69, 9.17) is 0 Å². The lowest BCUT2D eigenvalue weighted by Crippen LogP contribution is -2.52. The van der Waals surface area contributed by atoms with Crippen LogP contribution in [0.5, 0.6) is 0 Å². The largest absolute Gasteiger partial charge is 0.550 e. The van der Waals surface area contributed by atoms with Crippen LogP contribution in [0, 0.1) is 17.3 Å². The average Bonchev–Trinajstić information content (AvgIpc) is 1.94. The number of aliphatic carboxylic acids is 1. The molecule has 0 aliphatic rings. The van der Waals surface area contributed by atoms with Crippen LogP contribution < -0.4 is 5.11 Å². The number of hydrogen-bond donors (Lipinski definition) is 0. The van der Waals surface area contributed by atoms with Gasteiger partial charge in [-0.2, -0.15) is 0 Å². The van der Waals surface area contributed by atoms with Crippen LogP contribution >= 0.6 is 0 Å². The van der Waals surface area contributed by atoms with Gasteiger partial charge in [0.05, 0.1) is 39.1 Å². The highest BCUT2D eigenvalue weighted by atomic mass is 16.4. The Hall–Kier alpha value is -0.570. The normalized spacial score (nSPS) is 15.2. The van der Waals surface area contributed by atoms with Gasteiger partial charge < -0.3 is 14.4 Å². The molecule has 0 amide bonds. The standard InChI is InChI=1S/C13H27NO2/c1-10(2)11(12(15)16)8-14(6,7)9-13(3,4)5/h10-11H,8-9H2,1-7H3. The molecule has 0 aliphatic heterocycles. The first kappa shape index (κ1) is 15.4. The van der Waals surface area contributed by atoms with Gasteiger partial charge in [-0.3, -0.25) is 0 Å². The van der Waals surface area contributed by atoms with Crippen molar-refractivity contribution < 1.29 is 14.4 Å².